The summed E-state index contributed by atoms with van der Waals surface area (Å²) in [7, 11) is 1.77. The fourth-order valence-electron chi connectivity index (χ4n) is 3.59. The van der Waals surface area contributed by atoms with Crippen LogP contribution in [0.15, 0.2) is 30.3 Å². The number of ether oxygens (including phenoxy) is 1. The van der Waals surface area contributed by atoms with Gasteiger partial charge in [0.1, 0.15) is 23.9 Å². The molecule has 1 atom stereocenters. The molecule has 1 unspecified atom stereocenters. The molecule has 0 saturated carbocycles. The molecule has 3 heterocycles. The van der Waals surface area contributed by atoms with Gasteiger partial charge in [-0.25, -0.2) is 9.97 Å². The largest absolute Gasteiger partial charge is 0.367 e. The van der Waals surface area contributed by atoms with Crippen LogP contribution in [0.3, 0.4) is 0 Å². The molecule has 0 aliphatic carbocycles. The highest BCUT2D eigenvalue weighted by molar-refractivity contribution is 5.96. The van der Waals surface area contributed by atoms with Crippen molar-refractivity contribution in [2.75, 3.05) is 38.6 Å². The first-order chi connectivity index (χ1) is 14.1. The smallest absolute Gasteiger partial charge is 0.270 e. The van der Waals surface area contributed by atoms with Gasteiger partial charge in [-0.2, -0.15) is 0 Å². The van der Waals surface area contributed by atoms with E-state index in [4.69, 9.17) is 9.72 Å². The highest BCUT2D eigenvalue weighted by Gasteiger charge is 2.26. The molecule has 2 N–H and O–H groups in total. The number of likely N-dealkylation sites (N-methyl/N-ethyl adjacent to an activating group) is 1. The second-order valence-corrected chi connectivity index (χ2v) is 7.40. The quantitative estimate of drug-likeness (QED) is 0.752. The van der Waals surface area contributed by atoms with Gasteiger partial charge in [0, 0.05) is 38.7 Å². The molecule has 1 saturated heterocycles. The average Bonchev–Trinajstić information content (AvgIpc) is 2.74. The number of benzene rings is 1. The van der Waals surface area contributed by atoms with E-state index in [1.54, 1.807) is 11.9 Å². The summed E-state index contributed by atoms with van der Waals surface area (Å²) in [4.78, 5) is 34.9. The van der Waals surface area contributed by atoms with Crippen LogP contribution in [0.5, 0.6) is 0 Å². The predicted octanol–water partition coefficient (Wildman–Crippen LogP) is 0.817. The summed E-state index contributed by atoms with van der Waals surface area (Å²) >= 11 is 0. The fraction of sp³-hybridized carbons (Fsp3) is 0.429. The van der Waals surface area contributed by atoms with Gasteiger partial charge in [-0.3, -0.25) is 9.59 Å². The van der Waals surface area contributed by atoms with Gasteiger partial charge in [-0.05, 0) is 18.4 Å². The van der Waals surface area contributed by atoms with Gasteiger partial charge in [-0.1, -0.05) is 30.3 Å². The minimum atomic E-state index is -0.156. The van der Waals surface area contributed by atoms with E-state index in [0.717, 1.165) is 12.0 Å². The summed E-state index contributed by atoms with van der Waals surface area (Å²) in [5, 5.41) is 6.20. The van der Waals surface area contributed by atoms with E-state index in [9.17, 15) is 9.59 Å². The maximum absolute atomic E-state index is 12.4. The van der Waals surface area contributed by atoms with E-state index in [2.05, 4.69) is 27.8 Å². The SMILES string of the molecule is CN1CC(CNc2nc(CCc3ccccc3)nc3c2CCNC3=O)OCC1=O. The van der Waals surface area contributed by atoms with Crippen molar-refractivity contribution in [3.05, 3.63) is 53.0 Å². The summed E-state index contributed by atoms with van der Waals surface area (Å²) in [6.07, 6.45) is 2.02. The standard InChI is InChI=1S/C21H25N5O3/c1-26-12-15(29-13-18(26)27)11-23-20-16-9-10-22-21(28)19(16)24-17(25-20)8-7-14-5-3-2-4-6-14/h2-6,15H,7-13H2,1H3,(H,22,28)(H,23,24,25). The van der Waals surface area contributed by atoms with Gasteiger partial charge in [0.2, 0.25) is 5.91 Å². The molecule has 1 fully saturated rings. The van der Waals surface area contributed by atoms with E-state index in [1.165, 1.54) is 5.56 Å². The van der Waals surface area contributed by atoms with Crippen molar-refractivity contribution < 1.29 is 14.3 Å². The average molecular weight is 395 g/mol. The highest BCUT2D eigenvalue weighted by Crippen LogP contribution is 2.21. The number of nitrogens with zero attached hydrogens (tertiary/aromatic N) is 3. The van der Waals surface area contributed by atoms with Gasteiger partial charge in [0.25, 0.3) is 5.91 Å². The molecule has 2 aliphatic rings. The number of hydrogen-bond acceptors (Lipinski definition) is 6. The van der Waals surface area contributed by atoms with Crippen molar-refractivity contribution >= 4 is 17.6 Å². The fourth-order valence-corrected chi connectivity index (χ4v) is 3.59. The Morgan fingerprint density at radius 2 is 2.03 bits per heavy atom. The molecular formula is C21H25N5O3. The Hall–Kier alpha value is -3.00. The second-order valence-electron chi connectivity index (χ2n) is 7.40. The van der Waals surface area contributed by atoms with Crippen molar-refractivity contribution in [1.82, 2.24) is 20.2 Å². The molecule has 8 nitrogen and oxygen atoms in total. The zero-order chi connectivity index (χ0) is 20.2. The molecule has 1 aromatic heterocycles. The number of carbonyl (C=O) groups is 2. The number of fused-ring (bicyclic) bond motifs is 1. The Bertz CT molecular complexity index is 903. The Labute approximate surface area is 169 Å². The summed E-state index contributed by atoms with van der Waals surface area (Å²) in [5.41, 5.74) is 2.50. The lowest BCUT2D eigenvalue weighted by Crippen LogP contribution is -2.47. The van der Waals surface area contributed by atoms with Gasteiger partial charge < -0.3 is 20.3 Å². The number of rotatable bonds is 6. The first-order valence-electron chi connectivity index (χ1n) is 9.91. The third-order valence-electron chi connectivity index (χ3n) is 5.25. The Morgan fingerprint density at radius 3 is 2.83 bits per heavy atom. The van der Waals surface area contributed by atoms with Crippen LogP contribution in [0.1, 0.15) is 27.4 Å². The van der Waals surface area contributed by atoms with Crippen LogP contribution in [-0.4, -0.2) is 66.1 Å². The zero-order valence-corrected chi connectivity index (χ0v) is 16.5. The summed E-state index contributed by atoms with van der Waals surface area (Å²) in [6.45, 7) is 1.71. The number of hydrogen-bond donors (Lipinski definition) is 2. The van der Waals surface area contributed by atoms with Crippen LogP contribution < -0.4 is 10.6 Å². The van der Waals surface area contributed by atoms with E-state index in [-0.39, 0.29) is 24.5 Å². The summed E-state index contributed by atoms with van der Waals surface area (Å²) in [5.74, 6) is 1.16. The van der Waals surface area contributed by atoms with Crippen molar-refractivity contribution in [1.29, 1.82) is 0 Å². The number of amides is 2. The van der Waals surface area contributed by atoms with E-state index in [1.807, 2.05) is 18.2 Å². The van der Waals surface area contributed by atoms with Crippen molar-refractivity contribution in [3.8, 4) is 0 Å². The van der Waals surface area contributed by atoms with Gasteiger partial charge in [-0.15, -0.1) is 0 Å². The lowest BCUT2D eigenvalue weighted by molar-refractivity contribution is -0.145. The van der Waals surface area contributed by atoms with Gasteiger partial charge >= 0.3 is 0 Å². The molecule has 8 heteroatoms. The molecule has 152 valence electrons. The number of aromatic nitrogens is 2. The molecule has 0 radical (unpaired) electrons. The first kappa shape index (κ1) is 19.3. The maximum atomic E-state index is 12.4. The lowest BCUT2D eigenvalue weighted by Gasteiger charge is -2.30. The van der Waals surface area contributed by atoms with Gasteiger partial charge in [0.05, 0.1) is 6.10 Å². The Morgan fingerprint density at radius 1 is 1.21 bits per heavy atom. The summed E-state index contributed by atoms with van der Waals surface area (Å²) < 4.78 is 5.61. The highest BCUT2D eigenvalue weighted by atomic mass is 16.5. The van der Waals surface area contributed by atoms with Crippen LogP contribution in [-0.2, 0) is 28.8 Å². The predicted molar refractivity (Wildman–Crippen MR) is 108 cm³/mol. The van der Waals surface area contributed by atoms with Gasteiger partial charge in [0.15, 0.2) is 0 Å². The second kappa shape index (κ2) is 8.57. The number of nitrogens with one attached hydrogen (secondary N) is 2. The van der Waals surface area contributed by atoms with Crippen molar-refractivity contribution in [2.24, 2.45) is 0 Å². The lowest BCUT2D eigenvalue weighted by atomic mass is 10.1. The molecule has 2 aromatic rings. The van der Waals surface area contributed by atoms with Crippen LogP contribution >= 0.6 is 0 Å². The number of morpholine rings is 1. The third kappa shape index (κ3) is 4.54. The molecule has 2 amide bonds. The molecule has 2 aliphatic heterocycles. The number of anilines is 1. The van der Waals surface area contributed by atoms with Crippen LogP contribution in [0, 0.1) is 0 Å². The van der Waals surface area contributed by atoms with Crippen molar-refractivity contribution in [3.63, 3.8) is 0 Å². The molecule has 0 bridgehead atoms. The normalized spacial score (nSPS) is 18.9. The molecule has 29 heavy (non-hydrogen) atoms. The van der Waals surface area contributed by atoms with Crippen LogP contribution in [0.4, 0.5) is 5.82 Å². The monoisotopic (exact) mass is 395 g/mol. The topological polar surface area (TPSA) is 96.5 Å². The molecule has 1 aromatic carbocycles. The maximum Gasteiger partial charge on any atom is 0.270 e. The van der Waals surface area contributed by atoms with E-state index >= 15 is 0 Å². The number of carbonyl (C=O) groups excluding carboxylic acids is 2. The zero-order valence-electron chi connectivity index (χ0n) is 16.5. The summed E-state index contributed by atoms with van der Waals surface area (Å²) in [6, 6.07) is 10.2. The van der Waals surface area contributed by atoms with Crippen molar-refractivity contribution in [2.45, 2.75) is 25.4 Å². The van der Waals surface area contributed by atoms with E-state index in [0.29, 0.717) is 49.8 Å². The molecule has 0 spiro atoms. The van der Waals surface area contributed by atoms with E-state index < -0.39 is 0 Å². The minimum absolute atomic E-state index is 0.0134. The molecular weight excluding hydrogens is 370 g/mol. The first-order valence-corrected chi connectivity index (χ1v) is 9.91. The van der Waals surface area contributed by atoms with Crippen LogP contribution in [0.2, 0.25) is 0 Å². The van der Waals surface area contributed by atoms with Crippen LogP contribution in [0.25, 0.3) is 0 Å². The number of aryl methyl sites for hydroxylation is 2. The Balaban J connectivity index is 1.51. The molecule has 4 rings (SSSR count). The third-order valence-corrected chi connectivity index (χ3v) is 5.25. The Kier molecular flexibility index (Phi) is 5.71. The minimum Gasteiger partial charge on any atom is -0.367 e.